The monoisotopic (exact) mass is 303 g/mol. The Morgan fingerprint density at radius 3 is 2.21 bits per heavy atom. The molecule has 0 heterocycles. The number of alkyl halides is 1. The van der Waals surface area contributed by atoms with Gasteiger partial charge in [0.15, 0.2) is 9.84 Å². The maximum atomic E-state index is 12.0. The van der Waals surface area contributed by atoms with Crippen molar-refractivity contribution >= 4 is 27.3 Å². The van der Waals surface area contributed by atoms with E-state index in [9.17, 15) is 13.2 Å². The maximum absolute atomic E-state index is 12.0. The number of amides is 1. The first-order chi connectivity index (χ1) is 8.72. The van der Waals surface area contributed by atoms with Gasteiger partial charge in [-0.3, -0.25) is 4.79 Å². The van der Waals surface area contributed by atoms with Gasteiger partial charge in [0.05, 0.1) is 10.4 Å². The Kier molecular flexibility index (Phi) is 4.98. The van der Waals surface area contributed by atoms with Crippen molar-refractivity contribution in [3.05, 3.63) is 29.8 Å². The zero-order chi connectivity index (χ0) is 14.7. The van der Waals surface area contributed by atoms with Crippen LogP contribution < -0.4 is 5.32 Å². The first-order valence-corrected chi connectivity index (χ1v) is 8.33. The fourth-order valence-electron chi connectivity index (χ4n) is 1.42. The van der Waals surface area contributed by atoms with Gasteiger partial charge in [0.2, 0.25) is 0 Å². The number of nitrogens with one attached hydrogen (secondary N) is 1. The van der Waals surface area contributed by atoms with E-state index in [-0.39, 0.29) is 10.8 Å². The molecule has 4 nitrogen and oxygen atoms in total. The SMILES string of the molecule is CCC(C)(CCl)NC(=O)c1ccc(S(C)(=O)=O)cc1. The third-order valence-electron chi connectivity index (χ3n) is 3.04. The Bertz CT molecular complexity index is 548. The molecule has 1 N–H and O–H groups in total. The molecule has 106 valence electrons. The Morgan fingerprint density at radius 1 is 1.32 bits per heavy atom. The van der Waals surface area contributed by atoms with E-state index >= 15 is 0 Å². The summed E-state index contributed by atoms with van der Waals surface area (Å²) in [5.41, 5.74) is -0.0501. The number of hydrogen-bond donors (Lipinski definition) is 1. The van der Waals surface area contributed by atoms with Crippen molar-refractivity contribution < 1.29 is 13.2 Å². The van der Waals surface area contributed by atoms with Crippen LogP contribution in [0, 0.1) is 0 Å². The van der Waals surface area contributed by atoms with Crippen molar-refractivity contribution in [3.8, 4) is 0 Å². The van der Waals surface area contributed by atoms with E-state index in [4.69, 9.17) is 11.6 Å². The molecule has 0 spiro atoms. The maximum Gasteiger partial charge on any atom is 0.251 e. The molecule has 0 fully saturated rings. The van der Waals surface area contributed by atoms with Crippen LogP contribution in [0.15, 0.2) is 29.2 Å². The summed E-state index contributed by atoms with van der Waals surface area (Å²) in [6.07, 6.45) is 1.84. The van der Waals surface area contributed by atoms with Crippen LogP contribution in [0.3, 0.4) is 0 Å². The van der Waals surface area contributed by atoms with E-state index in [0.29, 0.717) is 17.9 Å². The first kappa shape index (κ1) is 16.0. The van der Waals surface area contributed by atoms with E-state index in [1.165, 1.54) is 24.3 Å². The number of hydrogen-bond acceptors (Lipinski definition) is 3. The Balaban J connectivity index is 2.91. The van der Waals surface area contributed by atoms with Crippen LogP contribution in [0.1, 0.15) is 30.6 Å². The zero-order valence-corrected chi connectivity index (χ0v) is 12.8. The highest BCUT2D eigenvalue weighted by atomic mass is 35.5. The van der Waals surface area contributed by atoms with Crippen LogP contribution >= 0.6 is 11.6 Å². The molecule has 1 rings (SSSR count). The van der Waals surface area contributed by atoms with Gasteiger partial charge >= 0.3 is 0 Å². The van der Waals surface area contributed by atoms with Gasteiger partial charge in [-0.15, -0.1) is 11.6 Å². The Hall–Kier alpha value is -1.07. The van der Waals surface area contributed by atoms with E-state index in [2.05, 4.69) is 5.32 Å². The number of sulfone groups is 1. The summed E-state index contributed by atoms with van der Waals surface area (Å²) in [5, 5.41) is 2.85. The average molecular weight is 304 g/mol. The minimum atomic E-state index is -3.24. The Labute approximate surface area is 119 Å². The molecule has 1 atom stereocenters. The molecule has 19 heavy (non-hydrogen) atoms. The second-order valence-electron chi connectivity index (χ2n) is 4.80. The molecule has 1 aromatic carbocycles. The summed E-state index contributed by atoms with van der Waals surface area (Å²) in [6, 6.07) is 5.84. The number of carbonyl (C=O) groups excluding carboxylic acids is 1. The summed E-state index contributed by atoms with van der Waals surface area (Å²) in [4.78, 5) is 12.2. The fourth-order valence-corrected chi connectivity index (χ4v) is 2.30. The lowest BCUT2D eigenvalue weighted by Crippen LogP contribution is -2.47. The first-order valence-electron chi connectivity index (χ1n) is 5.90. The van der Waals surface area contributed by atoms with Crippen molar-refractivity contribution in [3.63, 3.8) is 0 Å². The van der Waals surface area contributed by atoms with Crippen molar-refractivity contribution in [2.24, 2.45) is 0 Å². The lowest BCUT2D eigenvalue weighted by atomic mass is 10.0. The molecule has 1 aromatic rings. The quantitative estimate of drug-likeness (QED) is 0.848. The number of rotatable bonds is 5. The average Bonchev–Trinajstić information content (AvgIpc) is 2.37. The molecular formula is C13H18ClNO3S. The minimum absolute atomic E-state index is 0.194. The highest BCUT2D eigenvalue weighted by Crippen LogP contribution is 2.14. The van der Waals surface area contributed by atoms with Gasteiger partial charge in [0, 0.05) is 17.7 Å². The van der Waals surface area contributed by atoms with Crippen LogP contribution in [0.4, 0.5) is 0 Å². The second-order valence-corrected chi connectivity index (χ2v) is 7.08. The molecule has 6 heteroatoms. The van der Waals surface area contributed by atoms with E-state index in [1.807, 2.05) is 13.8 Å². The molecule has 0 saturated heterocycles. The standard InChI is InChI=1S/C13H18ClNO3S/c1-4-13(2,9-14)15-12(16)10-5-7-11(8-6-10)19(3,17)18/h5-8H,4,9H2,1-3H3,(H,15,16). The van der Waals surface area contributed by atoms with Gasteiger partial charge in [-0.05, 0) is 37.6 Å². The summed E-state index contributed by atoms with van der Waals surface area (Å²) in [6.45, 7) is 3.80. The molecule has 0 aliphatic carbocycles. The smallest absolute Gasteiger partial charge is 0.251 e. The Morgan fingerprint density at radius 2 is 1.84 bits per heavy atom. The molecule has 0 radical (unpaired) electrons. The highest BCUT2D eigenvalue weighted by Gasteiger charge is 2.23. The highest BCUT2D eigenvalue weighted by molar-refractivity contribution is 7.90. The van der Waals surface area contributed by atoms with E-state index < -0.39 is 15.4 Å². The number of halogens is 1. The second kappa shape index (κ2) is 5.92. The molecular weight excluding hydrogens is 286 g/mol. The third kappa shape index (κ3) is 4.21. The lowest BCUT2D eigenvalue weighted by Gasteiger charge is -2.27. The zero-order valence-electron chi connectivity index (χ0n) is 11.2. The largest absolute Gasteiger partial charge is 0.346 e. The van der Waals surface area contributed by atoms with Crippen LogP contribution in [0.2, 0.25) is 0 Å². The molecule has 0 aromatic heterocycles. The van der Waals surface area contributed by atoms with E-state index in [0.717, 1.165) is 6.26 Å². The summed E-state index contributed by atoms with van der Waals surface area (Å²) in [7, 11) is -3.24. The van der Waals surface area contributed by atoms with Crippen LogP contribution in [0.25, 0.3) is 0 Å². The van der Waals surface area contributed by atoms with Gasteiger partial charge in [0.1, 0.15) is 0 Å². The number of carbonyl (C=O) groups is 1. The fraction of sp³-hybridized carbons (Fsp3) is 0.462. The van der Waals surface area contributed by atoms with E-state index in [1.54, 1.807) is 0 Å². The van der Waals surface area contributed by atoms with Gasteiger partial charge < -0.3 is 5.32 Å². The van der Waals surface area contributed by atoms with Gasteiger partial charge in [-0.25, -0.2) is 8.42 Å². The molecule has 1 unspecified atom stereocenters. The van der Waals surface area contributed by atoms with Crippen molar-refractivity contribution in [1.82, 2.24) is 5.32 Å². The molecule has 1 amide bonds. The van der Waals surface area contributed by atoms with Crippen LogP contribution in [-0.2, 0) is 9.84 Å². The molecule has 0 aliphatic rings. The number of benzene rings is 1. The third-order valence-corrected chi connectivity index (χ3v) is 4.75. The van der Waals surface area contributed by atoms with Gasteiger partial charge in [-0.1, -0.05) is 6.92 Å². The van der Waals surface area contributed by atoms with Crippen LogP contribution in [0.5, 0.6) is 0 Å². The van der Waals surface area contributed by atoms with Gasteiger partial charge in [0.25, 0.3) is 5.91 Å². The van der Waals surface area contributed by atoms with Crippen molar-refractivity contribution in [2.45, 2.75) is 30.7 Å². The summed E-state index contributed by atoms with van der Waals surface area (Å²) < 4.78 is 22.6. The summed E-state index contributed by atoms with van der Waals surface area (Å²) in [5.74, 6) is 0.0569. The molecule has 0 bridgehead atoms. The van der Waals surface area contributed by atoms with Crippen molar-refractivity contribution in [2.75, 3.05) is 12.1 Å². The van der Waals surface area contributed by atoms with Crippen LogP contribution in [-0.4, -0.2) is 32.0 Å². The minimum Gasteiger partial charge on any atom is -0.346 e. The van der Waals surface area contributed by atoms with Crippen molar-refractivity contribution in [1.29, 1.82) is 0 Å². The predicted octanol–water partition coefficient (Wildman–Crippen LogP) is 2.23. The molecule has 0 aliphatic heterocycles. The topological polar surface area (TPSA) is 63.2 Å². The normalized spacial score (nSPS) is 14.7. The summed E-state index contributed by atoms with van der Waals surface area (Å²) >= 11 is 5.83. The van der Waals surface area contributed by atoms with Gasteiger partial charge in [-0.2, -0.15) is 0 Å². The predicted molar refractivity (Wildman–Crippen MR) is 76.4 cm³/mol. The lowest BCUT2D eigenvalue weighted by molar-refractivity contribution is 0.0912. The molecule has 0 saturated carbocycles.